The number of benzene rings is 1. The molecule has 1 N–H and O–H groups in total. The van der Waals surface area contributed by atoms with E-state index in [4.69, 9.17) is 5.11 Å². The standard InChI is InChI=1S/C11H10N4O4/c1-7(11(16)17)14-6-12-10(13-14)8-2-4-9(5-3-8)15(18)19/h2-7H,1H3,(H,16,17). The normalized spacial score (nSPS) is 12.1. The molecule has 98 valence electrons. The predicted molar refractivity (Wildman–Crippen MR) is 64.5 cm³/mol. The minimum atomic E-state index is -1.01. The molecule has 0 radical (unpaired) electrons. The third-order valence-electron chi connectivity index (χ3n) is 2.60. The Bertz CT molecular complexity index is 620. The van der Waals surface area contributed by atoms with E-state index in [2.05, 4.69) is 10.1 Å². The Hall–Kier alpha value is -2.77. The molecule has 0 amide bonds. The summed E-state index contributed by atoms with van der Waals surface area (Å²) in [4.78, 5) is 24.8. The molecule has 1 atom stereocenters. The van der Waals surface area contributed by atoms with E-state index in [0.29, 0.717) is 11.4 Å². The summed E-state index contributed by atoms with van der Waals surface area (Å²) in [5.74, 6) is -0.692. The van der Waals surface area contributed by atoms with Gasteiger partial charge in [0.15, 0.2) is 5.82 Å². The number of nitrogens with zero attached hydrogens (tertiary/aromatic N) is 4. The quantitative estimate of drug-likeness (QED) is 0.660. The zero-order valence-corrected chi connectivity index (χ0v) is 9.92. The van der Waals surface area contributed by atoms with Gasteiger partial charge in [0.05, 0.1) is 4.92 Å². The number of non-ortho nitro benzene ring substituents is 1. The molecular weight excluding hydrogens is 252 g/mol. The molecule has 19 heavy (non-hydrogen) atoms. The van der Waals surface area contributed by atoms with Crippen LogP contribution >= 0.6 is 0 Å². The molecule has 0 aliphatic carbocycles. The van der Waals surface area contributed by atoms with Crippen LogP contribution in [0.15, 0.2) is 30.6 Å². The van der Waals surface area contributed by atoms with E-state index in [0.717, 1.165) is 0 Å². The second-order valence-electron chi connectivity index (χ2n) is 3.87. The lowest BCUT2D eigenvalue weighted by Crippen LogP contribution is -2.15. The molecule has 0 saturated heterocycles. The molecular formula is C11H10N4O4. The Kier molecular flexibility index (Phi) is 3.23. The smallest absolute Gasteiger partial charge is 0.328 e. The Balaban J connectivity index is 2.27. The van der Waals surface area contributed by atoms with Gasteiger partial charge in [-0.15, -0.1) is 0 Å². The summed E-state index contributed by atoms with van der Waals surface area (Å²) in [7, 11) is 0. The maximum absolute atomic E-state index is 10.8. The van der Waals surface area contributed by atoms with Gasteiger partial charge in [0, 0.05) is 17.7 Å². The summed E-state index contributed by atoms with van der Waals surface area (Å²) in [6, 6.07) is 4.90. The van der Waals surface area contributed by atoms with Crippen molar-refractivity contribution in [2.75, 3.05) is 0 Å². The predicted octanol–water partition coefficient (Wildman–Crippen LogP) is 1.50. The SMILES string of the molecule is CC(C(=O)O)n1cnc(-c2ccc([N+](=O)[O-])cc2)n1. The molecule has 0 saturated carbocycles. The highest BCUT2D eigenvalue weighted by Gasteiger charge is 2.16. The number of hydrogen-bond donors (Lipinski definition) is 1. The Morgan fingerprint density at radius 1 is 1.42 bits per heavy atom. The van der Waals surface area contributed by atoms with Gasteiger partial charge in [-0.2, -0.15) is 5.10 Å². The topological polar surface area (TPSA) is 111 Å². The number of aliphatic carboxylic acids is 1. The van der Waals surface area contributed by atoms with E-state index in [9.17, 15) is 14.9 Å². The van der Waals surface area contributed by atoms with Crippen LogP contribution in [0.2, 0.25) is 0 Å². The number of carboxylic acids is 1. The molecule has 2 aromatic rings. The van der Waals surface area contributed by atoms with Crippen molar-refractivity contribution < 1.29 is 14.8 Å². The monoisotopic (exact) mass is 262 g/mol. The van der Waals surface area contributed by atoms with Gasteiger partial charge in [-0.3, -0.25) is 10.1 Å². The van der Waals surface area contributed by atoms with Crippen LogP contribution in [-0.2, 0) is 4.79 Å². The number of carbonyl (C=O) groups is 1. The van der Waals surface area contributed by atoms with Crippen LogP contribution in [0.3, 0.4) is 0 Å². The van der Waals surface area contributed by atoms with Crippen LogP contribution in [0.25, 0.3) is 11.4 Å². The van der Waals surface area contributed by atoms with Crippen LogP contribution < -0.4 is 0 Å². The highest BCUT2D eigenvalue weighted by molar-refractivity contribution is 5.71. The first-order valence-corrected chi connectivity index (χ1v) is 5.38. The third kappa shape index (κ3) is 2.57. The fourth-order valence-corrected chi connectivity index (χ4v) is 1.44. The number of hydrogen-bond acceptors (Lipinski definition) is 5. The van der Waals surface area contributed by atoms with Gasteiger partial charge in [0.2, 0.25) is 0 Å². The van der Waals surface area contributed by atoms with E-state index >= 15 is 0 Å². The molecule has 0 aliphatic heterocycles. The van der Waals surface area contributed by atoms with Crippen molar-refractivity contribution in [2.45, 2.75) is 13.0 Å². The van der Waals surface area contributed by atoms with Crippen LogP contribution in [0.1, 0.15) is 13.0 Å². The first-order valence-electron chi connectivity index (χ1n) is 5.38. The molecule has 0 spiro atoms. The van der Waals surface area contributed by atoms with Gasteiger partial charge in [0.1, 0.15) is 12.4 Å². The van der Waals surface area contributed by atoms with Crippen molar-refractivity contribution in [3.05, 3.63) is 40.7 Å². The molecule has 8 heteroatoms. The van der Waals surface area contributed by atoms with Crippen molar-refractivity contribution in [1.29, 1.82) is 0 Å². The van der Waals surface area contributed by atoms with Crippen molar-refractivity contribution in [2.24, 2.45) is 0 Å². The van der Waals surface area contributed by atoms with Crippen molar-refractivity contribution in [1.82, 2.24) is 14.8 Å². The summed E-state index contributed by atoms with van der Waals surface area (Å²) in [5, 5.41) is 23.4. The third-order valence-corrected chi connectivity index (χ3v) is 2.60. The average Bonchev–Trinajstić information content (AvgIpc) is 2.87. The van der Waals surface area contributed by atoms with Crippen LogP contribution in [-0.4, -0.2) is 30.8 Å². The minimum absolute atomic E-state index is 0.0258. The van der Waals surface area contributed by atoms with Crippen LogP contribution in [0.4, 0.5) is 5.69 Å². The van der Waals surface area contributed by atoms with E-state index in [-0.39, 0.29) is 5.69 Å². The van der Waals surface area contributed by atoms with Gasteiger partial charge in [-0.25, -0.2) is 14.5 Å². The number of nitro benzene ring substituents is 1. The Morgan fingerprint density at radius 3 is 2.58 bits per heavy atom. The molecule has 0 bridgehead atoms. The van der Waals surface area contributed by atoms with Crippen LogP contribution in [0.5, 0.6) is 0 Å². The molecule has 1 aromatic carbocycles. The second-order valence-corrected chi connectivity index (χ2v) is 3.87. The fourth-order valence-electron chi connectivity index (χ4n) is 1.44. The lowest BCUT2D eigenvalue weighted by Gasteiger charge is -2.04. The lowest BCUT2D eigenvalue weighted by atomic mass is 10.2. The van der Waals surface area contributed by atoms with E-state index in [1.54, 1.807) is 0 Å². The summed E-state index contributed by atoms with van der Waals surface area (Å²) in [6.45, 7) is 1.48. The Labute approximate surface area is 107 Å². The van der Waals surface area contributed by atoms with E-state index < -0.39 is 16.9 Å². The summed E-state index contributed by atoms with van der Waals surface area (Å²) in [6.07, 6.45) is 1.32. The minimum Gasteiger partial charge on any atom is -0.480 e. The first-order chi connectivity index (χ1) is 8.99. The largest absolute Gasteiger partial charge is 0.480 e. The number of nitro groups is 1. The van der Waals surface area contributed by atoms with E-state index in [1.807, 2.05) is 0 Å². The number of aromatic nitrogens is 3. The van der Waals surface area contributed by atoms with Crippen molar-refractivity contribution >= 4 is 11.7 Å². The van der Waals surface area contributed by atoms with Crippen LogP contribution in [0, 0.1) is 10.1 Å². The number of carboxylic acid groups (broad SMARTS) is 1. The summed E-state index contributed by atoms with van der Waals surface area (Å²) >= 11 is 0. The molecule has 2 rings (SSSR count). The van der Waals surface area contributed by atoms with Crippen molar-refractivity contribution in [3.8, 4) is 11.4 Å². The van der Waals surface area contributed by atoms with Gasteiger partial charge in [0.25, 0.3) is 5.69 Å². The van der Waals surface area contributed by atoms with Gasteiger partial charge < -0.3 is 5.11 Å². The molecule has 1 unspecified atom stereocenters. The Morgan fingerprint density at radius 2 is 2.05 bits per heavy atom. The zero-order valence-electron chi connectivity index (χ0n) is 9.92. The molecule has 8 nitrogen and oxygen atoms in total. The average molecular weight is 262 g/mol. The van der Waals surface area contributed by atoms with E-state index in [1.165, 1.54) is 42.2 Å². The molecule has 0 aliphatic rings. The highest BCUT2D eigenvalue weighted by atomic mass is 16.6. The lowest BCUT2D eigenvalue weighted by molar-refractivity contribution is -0.384. The maximum atomic E-state index is 10.8. The highest BCUT2D eigenvalue weighted by Crippen LogP contribution is 2.19. The second kappa shape index (κ2) is 4.84. The number of rotatable bonds is 4. The van der Waals surface area contributed by atoms with Gasteiger partial charge in [-0.05, 0) is 19.1 Å². The summed E-state index contributed by atoms with van der Waals surface area (Å²) < 4.78 is 1.22. The first kappa shape index (κ1) is 12.7. The zero-order chi connectivity index (χ0) is 14.0. The molecule has 1 aromatic heterocycles. The molecule has 1 heterocycles. The van der Waals surface area contributed by atoms with Gasteiger partial charge in [-0.1, -0.05) is 0 Å². The van der Waals surface area contributed by atoms with Crippen molar-refractivity contribution in [3.63, 3.8) is 0 Å². The summed E-state index contributed by atoms with van der Waals surface area (Å²) in [5.41, 5.74) is 0.559. The molecule has 0 fully saturated rings. The maximum Gasteiger partial charge on any atom is 0.328 e. The fraction of sp³-hybridized carbons (Fsp3) is 0.182. The van der Waals surface area contributed by atoms with Gasteiger partial charge >= 0.3 is 5.97 Å².